The van der Waals surface area contributed by atoms with Crippen LogP contribution in [-0.4, -0.2) is 15.9 Å². The number of hydrogen-bond acceptors (Lipinski definition) is 3. The monoisotopic (exact) mass is 239 g/mol. The molecule has 0 saturated heterocycles. The predicted octanol–water partition coefficient (Wildman–Crippen LogP) is 2.76. The summed E-state index contributed by atoms with van der Waals surface area (Å²) in [5.41, 5.74) is 0.662. The zero-order valence-corrected chi connectivity index (χ0v) is 9.86. The lowest BCUT2D eigenvalue weighted by Crippen LogP contribution is -1.85. The van der Waals surface area contributed by atoms with Gasteiger partial charge in [0.1, 0.15) is 10.8 Å². The first kappa shape index (κ1) is 12.1. The Balaban J connectivity index is 2.41. The van der Waals surface area contributed by atoms with Gasteiger partial charge in [0.05, 0.1) is 0 Å². The number of hydrogen-bond donors (Lipinski definition) is 0. The van der Waals surface area contributed by atoms with Gasteiger partial charge in [-0.1, -0.05) is 35.3 Å². The molecule has 1 heterocycles. The zero-order valence-electron chi connectivity index (χ0n) is 8.29. The molecular formula is C11H10ClNOS. The molecule has 0 aromatic carbocycles. The molecule has 1 aromatic rings. The van der Waals surface area contributed by atoms with E-state index in [4.69, 9.17) is 11.6 Å². The topological polar surface area (TPSA) is 30.0 Å². The first-order valence-corrected chi connectivity index (χ1v) is 5.79. The summed E-state index contributed by atoms with van der Waals surface area (Å²) >= 11 is 6.98. The molecule has 0 amide bonds. The number of thioether (sulfide) groups is 1. The predicted molar refractivity (Wildman–Crippen MR) is 63.9 cm³/mol. The Morgan fingerprint density at radius 3 is 3.07 bits per heavy atom. The molecule has 78 valence electrons. The molecule has 0 aliphatic carbocycles. The molecule has 0 bridgehead atoms. The minimum absolute atomic E-state index is 0.123. The third-order valence-electron chi connectivity index (χ3n) is 1.46. The molecule has 0 radical (unpaired) electrons. The van der Waals surface area contributed by atoms with Crippen molar-refractivity contribution in [3.63, 3.8) is 0 Å². The van der Waals surface area contributed by atoms with Gasteiger partial charge in [-0.05, 0) is 18.1 Å². The van der Waals surface area contributed by atoms with Crippen LogP contribution in [0.5, 0.6) is 0 Å². The second kappa shape index (κ2) is 6.49. The molecule has 15 heavy (non-hydrogen) atoms. The summed E-state index contributed by atoms with van der Waals surface area (Å²) < 4.78 is 0. The molecule has 0 atom stereocenters. The summed E-state index contributed by atoms with van der Waals surface area (Å²) in [6.45, 7) is 1.55. The van der Waals surface area contributed by atoms with Crippen molar-refractivity contribution in [2.75, 3.05) is 5.75 Å². The number of halogens is 1. The van der Waals surface area contributed by atoms with Crippen LogP contribution in [0.3, 0.4) is 0 Å². The van der Waals surface area contributed by atoms with Crippen molar-refractivity contribution >= 4 is 28.5 Å². The fourth-order valence-electron chi connectivity index (χ4n) is 0.877. The quantitative estimate of drug-likeness (QED) is 0.452. The lowest BCUT2D eigenvalue weighted by atomic mass is 10.3. The molecular weight excluding hydrogens is 230 g/mol. The van der Waals surface area contributed by atoms with Crippen LogP contribution in [0.1, 0.15) is 19.0 Å². The van der Waals surface area contributed by atoms with Gasteiger partial charge in [-0.2, -0.15) is 0 Å². The molecule has 0 saturated carbocycles. The molecule has 0 aliphatic rings. The van der Waals surface area contributed by atoms with Gasteiger partial charge in [0.15, 0.2) is 5.12 Å². The largest absolute Gasteiger partial charge is 0.288 e. The highest BCUT2D eigenvalue weighted by molar-refractivity contribution is 8.13. The van der Waals surface area contributed by atoms with Gasteiger partial charge >= 0.3 is 0 Å². The van der Waals surface area contributed by atoms with Crippen LogP contribution in [0.2, 0.25) is 5.15 Å². The van der Waals surface area contributed by atoms with Gasteiger partial charge in [-0.3, -0.25) is 4.79 Å². The molecule has 1 aromatic heterocycles. The minimum Gasteiger partial charge on any atom is -0.288 e. The standard InChI is InChI=1S/C11H10ClNOS/c1-9(14)15-8-3-2-5-10-6-4-7-11(12)13-10/h4,6-7H,3,8H2,1H3. The Bertz CT molecular complexity index is 409. The summed E-state index contributed by atoms with van der Waals surface area (Å²) in [4.78, 5) is 14.6. The number of rotatable bonds is 2. The van der Waals surface area contributed by atoms with E-state index in [9.17, 15) is 4.79 Å². The third kappa shape index (κ3) is 5.46. The Hall–Kier alpha value is -0.980. The van der Waals surface area contributed by atoms with Crippen LogP contribution in [0.15, 0.2) is 18.2 Å². The maximum Gasteiger partial charge on any atom is 0.185 e. The highest BCUT2D eigenvalue weighted by Crippen LogP contribution is 2.04. The summed E-state index contributed by atoms with van der Waals surface area (Å²) in [5, 5.41) is 0.567. The number of carbonyl (C=O) groups excluding carboxylic acids is 1. The molecule has 2 nitrogen and oxygen atoms in total. The Kier molecular flexibility index (Phi) is 5.23. The number of aromatic nitrogens is 1. The molecule has 0 spiro atoms. The van der Waals surface area contributed by atoms with Crippen molar-refractivity contribution in [1.29, 1.82) is 0 Å². The summed E-state index contributed by atoms with van der Waals surface area (Å²) in [5.74, 6) is 6.55. The van der Waals surface area contributed by atoms with Crippen LogP contribution < -0.4 is 0 Å². The second-order valence-electron chi connectivity index (χ2n) is 2.74. The molecule has 0 aliphatic heterocycles. The van der Waals surface area contributed by atoms with E-state index < -0.39 is 0 Å². The Morgan fingerprint density at radius 1 is 1.60 bits per heavy atom. The van der Waals surface area contributed by atoms with Gasteiger partial charge in [0.2, 0.25) is 0 Å². The lowest BCUT2D eigenvalue weighted by Gasteiger charge is -1.90. The van der Waals surface area contributed by atoms with E-state index in [1.165, 1.54) is 11.8 Å². The van der Waals surface area contributed by atoms with Gasteiger partial charge in [-0.15, -0.1) is 0 Å². The van der Waals surface area contributed by atoms with E-state index >= 15 is 0 Å². The first-order chi connectivity index (χ1) is 7.18. The second-order valence-corrected chi connectivity index (χ2v) is 4.40. The number of pyridine rings is 1. The summed E-state index contributed by atoms with van der Waals surface area (Å²) in [6, 6.07) is 5.32. The zero-order chi connectivity index (χ0) is 11.1. The van der Waals surface area contributed by atoms with Crippen LogP contribution in [0.4, 0.5) is 0 Å². The van der Waals surface area contributed by atoms with E-state index in [-0.39, 0.29) is 5.12 Å². The molecule has 0 unspecified atom stereocenters. The number of nitrogens with zero attached hydrogens (tertiary/aromatic N) is 1. The molecule has 4 heteroatoms. The van der Waals surface area contributed by atoms with Crippen molar-refractivity contribution in [3.05, 3.63) is 29.0 Å². The Labute approximate surface area is 98.4 Å². The van der Waals surface area contributed by atoms with Crippen LogP contribution >= 0.6 is 23.4 Å². The van der Waals surface area contributed by atoms with E-state index in [1.807, 2.05) is 6.07 Å². The smallest absolute Gasteiger partial charge is 0.185 e. The van der Waals surface area contributed by atoms with E-state index in [1.54, 1.807) is 19.1 Å². The van der Waals surface area contributed by atoms with Gasteiger partial charge in [0.25, 0.3) is 0 Å². The Morgan fingerprint density at radius 2 is 2.40 bits per heavy atom. The van der Waals surface area contributed by atoms with Crippen LogP contribution in [0, 0.1) is 11.8 Å². The average molecular weight is 240 g/mol. The molecule has 1 rings (SSSR count). The fourth-order valence-corrected chi connectivity index (χ4v) is 1.53. The number of carbonyl (C=O) groups is 1. The SMILES string of the molecule is CC(=O)SCCC#Cc1cccc(Cl)n1. The lowest BCUT2D eigenvalue weighted by molar-refractivity contribution is -0.109. The molecule has 0 fully saturated rings. The van der Waals surface area contributed by atoms with Crippen molar-refractivity contribution in [2.24, 2.45) is 0 Å². The van der Waals surface area contributed by atoms with Crippen LogP contribution in [-0.2, 0) is 4.79 Å². The highest BCUT2D eigenvalue weighted by atomic mass is 35.5. The van der Waals surface area contributed by atoms with Crippen LogP contribution in [0.25, 0.3) is 0 Å². The maximum absolute atomic E-state index is 10.6. The van der Waals surface area contributed by atoms with E-state index in [0.717, 1.165) is 5.75 Å². The highest BCUT2D eigenvalue weighted by Gasteiger charge is 1.92. The average Bonchev–Trinajstić information content (AvgIpc) is 2.17. The fraction of sp³-hybridized carbons (Fsp3) is 0.273. The summed E-state index contributed by atoms with van der Waals surface area (Å²) in [6.07, 6.45) is 0.679. The first-order valence-electron chi connectivity index (χ1n) is 4.43. The van der Waals surface area contributed by atoms with Crippen molar-refractivity contribution in [3.8, 4) is 11.8 Å². The molecule has 0 N–H and O–H groups in total. The van der Waals surface area contributed by atoms with Crippen molar-refractivity contribution in [2.45, 2.75) is 13.3 Å². The maximum atomic E-state index is 10.6. The van der Waals surface area contributed by atoms with Gasteiger partial charge < -0.3 is 0 Å². The third-order valence-corrected chi connectivity index (χ3v) is 2.49. The minimum atomic E-state index is 0.123. The van der Waals surface area contributed by atoms with Crippen molar-refractivity contribution in [1.82, 2.24) is 4.98 Å². The van der Waals surface area contributed by atoms with Gasteiger partial charge in [0, 0.05) is 19.1 Å². The van der Waals surface area contributed by atoms with E-state index in [2.05, 4.69) is 16.8 Å². The van der Waals surface area contributed by atoms with Crippen molar-refractivity contribution < 1.29 is 4.79 Å². The normalized spacial score (nSPS) is 9.20. The summed E-state index contributed by atoms with van der Waals surface area (Å²) in [7, 11) is 0. The van der Waals surface area contributed by atoms with Gasteiger partial charge in [-0.25, -0.2) is 4.98 Å². The van der Waals surface area contributed by atoms with E-state index in [0.29, 0.717) is 17.3 Å².